The van der Waals surface area contributed by atoms with Gasteiger partial charge >= 0.3 is 6.09 Å². The number of carbonyl (C=O) groups is 1. The first kappa shape index (κ1) is 15.1. The monoisotopic (exact) mass is 259 g/mol. The van der Waals surface area contributed by atoms with Crippen molar-refractivity contribution in [2.45, 2.75) is 38.5 Å². The number of nitrogens with one attached hydrogen (secondary N) is 1. The molecule has 0 atom stereocenters. The molecule has 3 nitrogen and oxygen atoms in total. The molecule has 0 aliphatic heterocycles. The van der Waals surface area contributed by atoms with Crippen LogP contribution in [0.2, 0.25) is 0 Å². The molecule has 0 aliphatic rings. The van der Waals surface area contributed by atoms with Gasteiger partial charge in [-0.15, -0.1) is 12.3 Å². The summed E-state index contributed by atoms with van der Waals surface area (Å²) in [5, 5.41) is 2.68. The molecule has 0 aromatic heterocycles. The molecule has 0 aliphatic carbocycles. The van der Waals surface area contributed by atoms with Gasteiger partial charge in [-0.3, -0.25) is 5.32 Å². The van der Waals surface area contributed by atoms with Crippen molar-refractivity contribution >= 4 is 11.8 Å². The lowest BCUT2D eigenvalue weighted by molar-refractivity contribution is 0.159. The van der Waals surface area contributed by atoms with E-state index in [1.807, 2.05) is 30.3 Å². The Morgan fingerprint density at radius 2 is 1.79 bits per heavy atom. The van der Waals surface area contributed by atoms with Gasteiger partial charge in [0.2, 0.25) is 0 Å². The van der Waals surface area contributed by atoms with Gasteiger partial charge in [-0.2, -0.15) is 0 Å². The Labute approximate surface area is 115 Å². The second kappa shape index (κ2) is 10.0. The quantitative estimate of drug-likeness (QED) is 0.561. The van der Waals surface area contributed by atoms with Crippen LogP contribution in [0.3, 0.4) is 0 Å². The highest BCUT2D eigenvalue weighted by Gasteiger charge is 2.01. The predicted molar refractivity (Wildman–Crippen MR) is 77.9 cm³/mol. The lowest BCUT2D eigenvalue weighted by Crippen LogP contribution is -2.14. The van der Waals surface area contributed by atoms with E-state index in [0.717, 1.165) is 44.2 Å². The molecule has 0 radical (unpaired) electrons. The van der Waals surface area contributed by atoms with E-state index >= 15 is 0 Å². The van der Waals surface area contributed by atoms with Gasteiger partial charge in [0.15, 0.2) is 0 Å². The molecule has 1 aromatic carbocycles. The molecule has 1 aromatic rings. The van der Waals surface area contributed by atoms with Crippen LogP contribution in [-0.2, 0) is 4.74 Å². The lowest BCUT2D eigenvalue weighted by Gasteiger charge is -2.06. The summed E-state index contributed by atoms with van der Waals surface area (Å²) in [4.78, 5) is 11.4. The summed E-state index contributed by atoms with van der Waals surface area (Å²) in [6.07, 6.45) is 11.0. The molecule has 1 rings (SSSR count). The molecule has 0 unspecified atom stereocenters. The number of para-hydroxylation sites is 1. The number of unbranched alkanes of at least 4 members (excludes halogenated alkanes) is 5. The standard InChI is InChI=1S/C16H21NO2/c1-2-3-4-5-6-7-11-14-19-16(18)17-15-12-9-8-10-13-15/h1,8-10,12-13H,3-7,11,14H2,(H,17,18). The van der Waals surface area contributed by atoms with E-state index < -0.39 is 6.09 Å². The first-order valence-corrected chi connectivity index (χ1v) is 6.75. The van der Waals surface area contributed by atoms with Crippen LogP contribution < -0.4 is 5.32 Å². The lowest BCUT2D eigenvalue weighted by atomic mass is 10.1. The zero-order chi connectivity index (χ0) is 13.8. The average Bonchev–Trinajstić information content (AvgIpc) is 2.43. The molecule has 1 N–H and O–H groups in total. The molecule has 1 amide bonds. The number of anilines is 1. The van der Waals surface area contributed by atoms with E-state index in [4.69, 9.17) is 11.2 Å². The van der Waals surface area contributed by atoms with Crippen LogP contribution in [0.15, 0.2) is 30.3 Å². The van der Waals surface area contributed by atoms with Gasteiger partial charge in [0, 0.05) is 12.1 Å². The third-order valence-electron chi connectivity index (χ3n) is 2.72. The topological polar surface area (TPSA) is 38.3 Å². The summed E-state index contributed by atoms with van der Waals surface area (Å²) in [6, 6.07) is 9.29. The van der Waals surface area contributed by atoms with E-state index in [0.29, 0.717) is 6.61 Å². The number of ether oxygens (including phenoxy) is 1. The third-order valence-corrected chi connectivity index (χ3v) is 2.72. The summed E-state index contributed by atoms with van der Waals surface area (Å²) in [5.74, 6) is 2.63. The molecule has 3 heteroatoms. The molecule has 0 heterocycles. The van der Waals surface area contributed by atoms with Crippen molar-refractivity contribution in [1.82, 2.24) is 0 Å². The molecule has 0 saturated heterocycles. The first-order valence-electron chi connectivity index (χ1n) is 6.75. The minimum absolute atomic E-state index is 0.390. The summed E-state index contributed by atoms with van der Waals surface area (Å²) in [7, 11) is 0. The van der Waals surface area contributed by atoms with Gasteiger partial charge in [0.05, 0.1) is 6.61 Å². The molecule has 19 heavy (non-hydrogen) atoms. The fourth-order valence-corrected chi connectivity index (χ4v) is 1.70. The van der Waals surface area contributed by atoms with Gasteiger partial charge in [-0.1, -0.05) is 37.5 Å². The van der Waals surface area contributed by atoms with E-state index in [-0.39, 0.29) is 0 Å². The van der Waals surface area contributed by atoms with Crippen LogP contribution >= 0.6 is 0 Å². The number of hydrogen-bond donors (Lipinski definition) is 1. The Morgan fingerprint density at radius 1 is 1.11 bits per heavy atom. The van der Waals surface area contributed by atoms with Crippen LogP contribution in [0, 0.1) is 12.3 Å². The molecular formula is C16H21NO2. The molecule has 0 bridgehead atoms. The number of amides is 1. The second-order valence-corrected chi connectivity index (χ2v) is 4.35. The van der Waals surface area contributed by atoms with E-state index in [1.165, 1.54) is 0 Å². The largest absolute Gasteiger partial charge is 0.449 e. The molecule has 0 spiro atoms. The highest BCUT2D eigenvalue weighted by molar-refractivity contribution is 5.84. The van der Waals surface area contributed by atoms with Crippen molar-refractivity contribution in [2.24, 2.45) is 0 Å². The zero-order valence-electron chi connectivity index (χ0n) is 11.2. The fourth-order valence-electron chi connectivity index (χ4n) is 1.70. The number of rotatable bonds is 8. The van der Waals surface area contributed by atoms with Crippen LogP contribution in [0.25, 0.3) is 0 Å². The molecule has 0 saturated carbocycles. The normalized spacial score (nSPS) is 9.63. The molecular weight excluding hydrogens is 238 g/mol. The summed E-state index contributed by atoms with van der Waals surface area (Å²) in [6.45, 7) is 0.466. The van der Waals surface area contributed by atoms with Gasteiger partial charge in [0.25, 0.3) is 0 Å². The minimum atomic E-state index is -0.390. The Balaban J connectivity index is 1.98. The summed E-state index contributed by atoms with van der Waals surface area (Å²) >= 11 is 0. The van der Waals surface area contributed by atoms with Crippen LogP contribution in [0.5, 0.6) is 0 Å². The highest BCUT2D eigenvalue weighted by Crippen LogP contribution is 2.07. The number of benzene rings is 1. The maximum atomic E-state index is 11.4. The van der Waals surface area contributed by atoms with Crippen molar-refractivity contribution in [1.29, 1.82) is 0 Å². The van der Waals surface area contributed by atoms with Crippen molar-refractivity contribution < 1.29 is 9.53 Å². The average molecular weight is 259 g/mol. The highest BCUT2D eigenvalue weighted by atomic mass is 16.5. The van der Waals surface area contributed by atoms with Crippen LogP contribution in [0.1, 0.15) is 38.5 Å². The third kappa shape index (κ3) is 7.88. The Hall–Kier alpha value is -1.95. The summed E-state index contributed by atoms with van der Waals surface area (Å²) < 4.78 is 5.09. The summed E-state index contributed by atoms with van der Waals surface area (Å²) in [5.41, 5.74) is 0.752. The Morgan fingerprint density at radius 3 is 2.53 bits per heavy atom. The van der Waals surface area contributed by atoms with E-state index in [2.05, 4.69) is 11.2 Å². The molecule has 0 fully saturated rings. The maximum Gasteiger partial charge on any atom is 0.411 e. The van der Waals surface area contributed by atoms with E-state index in [9.17, 15) is 4.79 Å². The number of hydrogen-bond acceptors (Lipinski definition) is 2. The maximum absolute atomic E-state index is 11.4. The van der Waals surface area contributed by atoms with Crippen LogP contribution in [0.4, 0.5) is 10.5 Å². The zero-order valence-corrected chi connectivity index (χ0v) is 11.2. The fraction of sp³-hybridized carbons (Fsp3) is 0.438. The van der Waals surface area contributed by atoms with Gasteiger partial charge in [0.1, 0.15) is 0 Å². The van der Waals surface area contributed by atoms with Crippen molar-refractivity contribution in [3.8, 4) is 12.3 Å². The van der Waals surface area contributed by atoms with Gasteiger partial charge < -0.3 is 4.74 Å². The minimum Gasteiger partial charge on any atom is -0.449 e. The smallest absolute Gasteiger partial charge is 0.411 e. The first-order chi connectivity index (χ1) is 9.33. The van der Waals surface area contributed by atoms with Crippen molar-refractivity contribution in [3.05, 3.63) is 30.3 Å². The Bertz CT molecular complexity index is 395. The van der Waals surface area contributed by atoms with Gasteiger partial charge in [-0.25, -0.2) is 4.79 Å². The van der Waals surface area contributed by atoms with Crippen LogP contribution in [-0.4, -0.2) is 12.7 Å². The predicted octanol–water partition coefficient (Wildman–Crippen LogP) is 4.21. The van der Waals surface area contributed by atoms with Crippen molar-refractivity contribution in [3.63, 3.8) is 0 Å². The van der Waals surface area contributed by atoms with Gasteiger partial charge in [-0.05, 0) is 25.0 Å². The Kier molecular flexibility index (Phi) is 7.97. The SMILES string of the molecule is C#CCCCCCCCOC(=O)Nc1ccccc1. The molecule has 102 valence electrons. The number of carbonyl (C=O) groups excluding carboxylic acids is 1. The second-order valence-electron chi connectivity index (χ2n) is 4.35. The van der Waals surface area contributed by atoms with E-state index in [1.54, 1.807) is 0 Å². The van der Waals surface area contributed by atoms with Crippen molar-refractivity contribution in [2.75, 3.05) is 11.9 Å². The number of terminal acetylenes is 1.